The number of nitrogens with one attached hydrogen (secondary N) is 1. The Labute approximate surface area is 189 Å². The van der Waals surface area contributed by atoms with Gasteiger partial charge in [0.15, 0.2) is 5.82 Å². The van der Waals surface area contributed by atoms with Crippen molar-refractivity contribution in [1.82, 2.24) is 15.0 Å². The van der Waals surface area contributed by atoms with E-state index in [1.807, 2.05) is 54.1 Å². The van der Waals surface area contributed by atoms with Crippen molar-refractivity contribution in [3.63, 3.8) is 0 Å². The number of fused-ring (bicyclic) bond motifs is 1. The van der Waals surface area contributed by atoms with E-state index >= 15 is 0 Å². The molecular weight excluding hydrogens is 454 g/mol. The van der Waals surface area contributed by atoms with E-state index in [0.29, 0.717) is 21.1 Å². The van der Waals surface area contributed by atoms with Crippen molar-refractivity contribution >= 4 is 66.9 Å². The van der Waals surface area contributed by atoms with Crippen LogP contribution in [0.2, 0.25) is 0 Å². The standard InChI is InChI=1S/C22H14ClN3OS3/c1-12-17(13-5-3-2-4-6-13)18-20(27)25-19(26-22(18)30-12)16(23)9-15-11-29-21(24-15)14-7-8-28-10-14/h2-11H,1H3,(H,25,26,27)/b16-9-. The molecule has 0 amide bonds. The van der Waals surface area contributed by atoms with Crippen LogP contribution in [0.15, 0.2) is 57.3 Å². The van der Waals surface area contributed by atoms with Crippen molar-refractivity contribution in [1.29, 1.82) is 0 Å². The van der Waals surface area contributed by atoms with E-state index in [4.69, 9.17) is 11.6 Å². The Balaban J connectivity index is 1.55. The monoisotopic (exact) mass is 467 g/mol. The van der Waals surface area contributed by atoms with Crippen LogP contribution in [0.1, 0.15) is 16.4 Å². The number of aromatic nitrogens is 3. The van der Waals surface area contributed by atoms with Crippen molar-refractivity contribution in [2.75, 3.05) is 0 Å². The summed E-state index contributed by atoms with van der Waals surface area (Å²) < 4.78 is 0. The van der Waals surface area contributed by atoms with Crippen molar-refractivity contribution < 1.29 is 0 Å². The van der Waals surface area contributed by atoms with Gasteiger partial charge < -0.3 is 4.98 Å². The first-order valence-corrected chi connectivity index (χ1v) is 12.1. The minimum atomic E-state index is -0.193. The van der Waals surface area contributed by atoms with Crippen LogP contribution in [0.5, 0.6) is 0 Å². The highest BCUT2D eigenvalue weighted by atomic mass is 35.5. The number of nitrogens with zero attached hydrogens (tertiary/aromatic N) is 2. The summed E-state index contributed by atoms with van der Waals surface area (Å²) in [5, 5.41) is 7.91. The molecule has 0 saturated carbocycles. The quantitative estimate of drug-likeness (QED) is 0.313. The predicted molar refractivity (Wildman–Crippen MR) is 130 cm³/mol. The number of aromatic amines is 1. The number of hydrogen-bond donors (Lipinski definition) is 1. The van der Waals surface area contributed by atoms with Gasteiger partial charge in [-0.25, -0.2) is 9.97 Å². The molecule has 0 aliphatic carbocycles. The Hall–Kier alpha value is -2.58. The molecule has 0 spiro atoms. The third-order valence-corrected chi connectivity index (χ3v) is 7.47. The second-order valence-corrected chi connectivity index (χ2v) is 9.82. The van der Waals surface area contributed by atoms with Crippen molar-refractivity contribution in [2.24, 2.45) is 0 Å². The summed E-state index contributed by atoms with van der Waals surface area (Å²) in [5.41, 5.74) is 3.57. The maximum Gasteiger partial charge on any atom is 0.260 e. The largest absolute Gasteiger partial charge is 0.305 e. The van der Waals surface area contributed by atoms with E-state index in [1.165, 1.54) is 11.3 Å². The van der Waals surface area contributed by atoms with Crippen LogP contribution in [0.3, 0.4) is 0 Å². The molecule has 30 heavy (non-hydrogen) atoms. The zero-order chi connectivity index (χ0) is 20.7. The first-order valence-electron chi connectivity index (χ1n) is 9.04. The van der Waals surface area contributed by atoms with Gasteiger partial charge in [-0.2, -0.15) is 11.3 Å². The van der Waals surface area contributed by atoms with E-state index in [1.54, 1.807) is 28.7 Å². The third kappa shape index (κ3) is 3.54. The SMILES string of the molecule is Cc1sc2nc(/C(Cl)=C/c3csc(-c4ccsc4)n3)[nH]c(=O)c2c1-c1ccccc1. The van der Waals surface area contributed by atoms with Gasteiger partial charge in [0.05, 0.1) is 16.1 Å². The second kappa shape index (κ2) is 7.92. The fourth-order valence-corrected chi connectivity index (χ4v) is 5.99. The van der Waals surface area contributed by atoms with Gasteiger partial charge in [-0.1, -0.05) is 41.9 Å². The number of thiazole rings is 1. The molecule has 0 bridgehead atoms. The fraction of sp³-hybridized carbons (Fsp3) is 0.0455. The Morgan fingerprint density at radius 3 is 2.70 bits per heavy atom. The topological polar surface area (TPSA) is 58.6 Å². The van der Waals surface area contributed by atoms with E-state index in [9.17, 15) is 4.79 Å². The molecule has 8 heteroatoms. The second-order valence-electron chi connectivity index (χ2n) is 6.58. The average Bonchev–Trinajstić information content (AvgIpc) is 3.47. The van der Waals surface area contributed by atoms with Crippen LogP contribution >= 0.6 is 45.6 Å². The molecule has 4 aromatic heterocycles. The highest BCUT2D eigenvalue weighted by Gasteiger charge is 2.17. The van der Waals surface area contributed by atoms with Crippen LogP contribution in [0.25, 0.3) is 43.0 Å². The summed E-state index contributed by atoms with van der Waals surface area (Å²) >= 11 is 11.2. The lowest BCUT2D eigenvalue weighted by Gasteiger charge is -2.02. The summed E-state index contributed by atoms with van der Waals surface area (Å²) in [6.07, 6.45) is 1.73. The minimum absolute atomic E-state index is 0.193. The van der Waals surface area contributed by atoms with Crippen molar-refractivity contribution in [3.8, 4) is 21.7 Å². The lowest BCUT2D eigenvalue weighted by atomic mass is 10.0. The molecule has 0 saturated heterocycles. The molecule has 4 heterocycles. The van der Waals surface area contributed by atoms with Gasteiger partial charge in [-0.05, 0) is 30.0 Å². The molecule has 0 radical (unpaired) electrons. The van der Waals surface area contributed by atoms with Gasteiger partial charge in [0.25, 0.3) is 5.56 Å². The number of thiophene rings is 2. The Morgan fingerprint density at radius 1 is 1.10 bits per heavy atom. The molecule has 1 aromatic carbocycles. The molecule has 0 fully saturated rings. The molecule has 148 valence electrons. The number of hydrogen-bond acceptors (Lipinski definition) is 6. The molecule has 0 unspecified atom stereocenters. The zero-order valence-corrected chi connectivity index (χ0v) is 18.9. The maximum atomic E-state index is 12.9. The summed E-state index contributed by atoms with van der Waals surface area (Å²) in [7, 11) is 0. The van der Waals surface area contributed by atoms with E-state index in [2.05, 4.69) is 20.3 Å². The van der Waals surface area contributed by atoms with Gasteiger partial charge in [0, 0.05) is 26.8 Å². The van der Waals surface area contributed by atoms with Gasteiger partial charge in [0.2, 0.25) is 0 Å². The fourth-order valence-electron chi connectivity index (χ4n) is 3.25. The smallest absolute Gasteiger partial charge is 0.260 e. The maximum absolute atomic E-state index is 12.9. The first kappa shape index (κ1) is 19.4. The lowest BCUT2D eigenvalue weighted by molar-refractivity contribution is 1.14. The van der Waals surface area contributed by atoms with Crippen LogP contribution in [0.4, 0.5) is 0 Å². The molecule has 1 N–H and O–H groups in total. The van der Waals surface area contributed by atoms with Crippen molar-refractivity contribution in [2.45, 2.75) is 6.92 Å². The van der Waals surface area contributed by atoms with Crippen molar-refractivity contribution in [3.05, 3.63) is 79.3 Å². The normalized spacial score (nSPS) is 12.0. The molecule has 0 aliphatic rings. The number of halogens is 1. The van der Waals surface area contributed by atoms with Crippen LogP contribution in [0, 0.1) is 6.92 Å². The molecule has 5 rings (SSSR count). The Bertz CT molecular complexity index is 1430. The van der Waals surface area contributed by atoms with Crippen LogP contribution < -0.4 is 5.56 Å². The van der Waals surface area contributed by atoms with E-state index in [0.717, 1.165) is 32.3 Å². The highest BCUT2D eigenvalue weighted by molar-refractivity contribution is 7.19. The summed E-state index contributed by atoms with van der Waals surface area (Å²) in [6.45, 7) is 2.01. The summed E-state index contributed by atoms with van der Waals surface area (Å²) in [5.74, 6) is 0.347. The Kier molecular flexibility index (Phi) is 5.12. The van der Waals surface area contributed by atoms with E-state index < -0.39 is 0 Å². The minimum Gasteiger partial charge on any atom is -0.305 e. The summed E-state index contributed by atoms with van der Waals surface area (Å²) in [6, 6.07) is 11.9. The Morgan fingerprint density at radius 2 is 1.93 bits per heavy atom. The number of H-pyrrole nitrogens is 1. The first-order chi connectivity index (χ1) is 14.6. The molecule has 5 aromatic rings. The van der Waals surface area contributed by atoms with E-state index in [-0.39, 0.29) is 5.56 Å². The lowest BCUT2D eigenvalue weighted by Crippen LogP contribution is -2.10. The molecule has 0 aliphatic heterocycles. The number of rotatable bonds is 4. The van der Waals surface area contributed by atoms with Gasteiger partial charge >= 0.3 is 0 Å². The van der Waals surface area contributed by atoms with Gasteiger partial charge in [0.1, 0.15) is 9.84 Å². The highest BCUT2D eigenvalue weighted by Crippen LogP contribution is 2.36. The molecule has 0 atom stereocenters. The molecular formula is C22H14ClN3OS3. The third-order valence-electron chi connectivity index (χ3n) is 4.59. The van der Waals surface area contributed by atoms with Gasteiger partial charge in [-0.3, -0.25) is 4.79 Å². The average molecular weight is 468 g/mol. The number of aryl methyl sites for hydroxylation is 1. The van der Waals surface area contributed by atoms with Crippen LogP contribution in [-0.4, -0.2) is 15.0 Å². The van der Waals surface area contributed by atoms with Gasteiger partial charge in [-0.15, -0.1) is 22.7 Å². The van der Waals surface area contributed by atoms with Crippen LogP contribution in [-0.2, 0) is 0 Å². The molecule has 4 nitrogen and oxygen atoms in total. The zero-order valence-electron chi connectivity index (χ0n) is 15.7. The predicted octanol–water partition coefficient (Wildman–Crippen LogP) is 6.88. The number of benzene rings is 1. The summed E-state index contributed by atoms with van der Waals surface area (Å²) in [4.78, 5) is 26.7.